The van der Waals surface area contributed by atoms with Gasteiger partial charge in [-0.3, -0.25) is 0 Å². The van der Waals surface area contributed by atoms with Crippen molar-refractivity contribution in [1.29, 1.82) is 0 Å². The van der Waals surface area contributed by atoms with Crippen LogP contribution in [-0.4, -0.2) is 41.5 Å². The van der Waals surface area contributed by atoms with Crippen LogP contribution in [0.3, 0.4) is 0 Å². The number of benzene rings is 3. The summed E-state index contributed by atoms with van der Waals surface area (Å²) in [6.07, 6.45) is 5.19. The number of methoxy groups -OCH3 is 3. The van der Waals surface area contributed by atoms with Gasteiger partial charge in [0, 0.05) is 17.8 Å². The van der Waals surface area contributed by atoms with Gasteiger partial charge in [-0.25, -0.2) is 4.68 Å². The summed E-state index contributed by atoms with van der Waals surface area (Å²) in [5.74, 6) is 2.62. The van der Waals surface area contributed by atoms with E-state index in [2.05, 4.69) is 69.4 Å². The maximum Gasteiger partial charge on any atom is 0.203 e. The van der Waals surface area contributed by atoms with Gasteiger partial charge in [0.1, 0.15) is 6.04 Å². The summed E-state index contributed by atoms with van der Waals surface area (Å²) in [6, 6.07) is 20.9. The third-order valence-corrected chi connectivity index (χ3v) is 7.72. The van der Waals surface area contributed by atoms with Gasteiger partial charge in [-0.05, 0) is 45.5 Å². The summed E-state index contributed by atoms with van der Waals surface area (Å²) in [5.41, 5.74) is 5.34. The molecule has 1 N–H and O–H groups in total. The lowest BCUT2D eigenvalue weighted by molar-refractivity contribution is 0.298. The van der Waals surface area contributed by atoms with E-state index >= 15 is 0 Å². The molecular weight excluding hydrogens is 466 g/mol. The number of aromatic nitrogens is 4. The van der Waals surface area contributed by atoms with Gasteiger partial charge < -0.3 is 19.5 Å². The highest BCUT2D eigenvalue weighted by atomic mass is 16.5. The number of nitrogens with zero attached hydrogens (tertiary/aromatic N) is 4. The molecule has 0 atom stereocenters. The molecule has 1 aromatic heterocycles. The van der Waals surface area contributed by atoms with Crippen LogP contribution in [0.2, 0.25) is 0 Å². The Hall–Kier alpha value is -4.07. The lowest BCUT2D eigenvalue weighted by atomic mass is 9.80. The minimum absolute atomic E-state index is 0.0852. The van der Waals surface area contributed by atoms with Gasteiger partial charge in [-0.1, -0.05) is 67.8 Å². The van der Waals surface area contributed by atoms with Crippen molar-refractivity contribution < 1.29 is 14.2 Å². The van der Waals surface area contributed by atoms with Crippen molar-refractivity contribution in [3.05, 3.63) is 77.6 Å². The Balaban J connectivity index is 1.47. The average Bonchev–Trinajstić information content (AvgIpc) is 3.56. The highest BCUT2D eigenvalue weighted by Gasteiger charge is 2.42. The molecule has 3 aromatic carbocycles. The SMILES string of the molecule is COc1cc(NC2(c3nnnn3C3c4ccccc4-c4ccccc43)CCCCC2)cc(OC)c1OC. The predicted molar refractivity (Wildman–Crippen MR) is 141 cm³/mol. The van der Waals surface area contributed by atoms with E-state index in [1.54, 1.807) is 21.3 Å². The molecular formula is C29H31N5O3. The van der Waals surface area contributed by atoms with Crippen molar-refractivity contribution in [2.45, 2.75) is 43.7 Å². The van der Waals surface area contributed by atoms with E-state index in [9.17, 15) is 0 Å². The first-order valence-corrected chi connectivity index (χ1v) is 12.7. The van der Waals surface area contributed by atoms with Crippen molar-refractivity contribution in [3.63, 3.8) is 0 Å². The second kappa shape index (κ2) is 9.42. The Morgan fingerprint density at radius 1 is 0.811 bits per heavy atom. The van der Waals surface area contributed by atoms with Crippen molar-refractivity contribution in [1.82, 2.24) is 20.2 Å². The third-order valence-electron chi connectivity index (χ3n) is 7.72. The second-order valence-electron chi connectivity index (χ2n) is 9.71. The van der Waals surface area contributed by atoms with Gasteiger partial charge in [0.15, 0.2) is 17.3 Å². The third kappa shape index (κ3) is 3.79. The van der Waals surface area contributed by atoms with Crippen LogP contribution in [0.1, 0.15) is 55.1 Å². The van der Waals surface area contributed by atoms with E-state index in [-0.39, 0.29) is 6.04 Å². The molecule has 1 heterocycles. The van der Waals surface area contributed by atoms with E-state index < -0.39 is 5.54 Å². The van der Waals surface area contributed by atoms with Crippen LogP contribution >= 0.6 is 0 Å². The predicted octanol–water partition coefficient (Wildman–Crippen LogP) is 5.59. The van der Waals surface area contributed by atoms with Crippen LogP contribution in [0.15, 0.2) is 60.7 Å². The quantitative estimate of drug-likeness (QED) is 0.314. The Morgan fingerprint density at radius 2 is 1.41 bits per heavy atom. The number of anilines is 1. The summed E-state index contributed by atoms with van der Waals surface area (Å²) >= 11 is 0. The molecule has 8 heteroatoms. The maximum absolute atomic E-state index is 5.62. The molecule has 37 heavy (non-hydrogen) atoms. The van der Waals surface area contributed by atoms with E-state index in [1.165, 1.54) is 28.7 Å². The first kappa shape index (κ1) is 23.3. The zero-order valence-corrected chi connectivity index (χ0v) is 21.4. The Kier molecular flexibility index (Phi) is 5.94. The average molecular weight is 498 g/mol. The van der Waals surface area contributed by atoms with Gasteiger partial charge in [0.25, 0.3) is 0 Å². The van der Waals surface area contributed by atoms with Crippen LogP contribution in [0.5, 0.6) is 17.2 Å². The first-order chi connectivity index (χ1) is 18.2. The highest BCUT2D eigenvalue weighted by molar-refractivity contribution is 5.78. The topological polar surface area (TPSA) is 83.3 Å². The molecule has 8 nitrogen and oxygen atoms in total. The Morgan fingerprint density at radius 3 is 1.97 bits per heavy atom. The standard InChI is InChI=1S/C29H31N5O3/c1-35-24-17-19(18-25(36-2)27(24)37-3)30-29(15-9-4-10-16-29)28-31-32-33-34(28)26-22-13-7-5-11-20(22)21-12-6-8-14-23(21)26/h5-8,11-14,17-18,26,30H,4,9-10,15-16H2,1-3H3. The molecule has 0 bridgehead atoms. The summed E-state index contributed by atoms with van der Waals surface area (Å²) in [6.45, 7) is 0. The molecule has 190 valence electrons. The van der Waals surface area contributed by atoms with Gasteiger partial charge in [-0.15, -0.1) is 5.10 Å². The summed E-state index contributed by atoms with van der Waals surface area (Å²) in [5, 5.41) is 17.3. The fourth-order valence-electron chi connectivity index (χ4n) is 6.06. The van der Waals surface area contributed by atoms with Gasteiger partial charge >= 0.3 is 0 Å². The van der Waals surface area contributed by atoms with E-state index in [4.69, 9.17) is 14.2 Å². The second-order valence-corrected chi connectivity index (χ2v) is 9.71. The summed E-state index contributed by atoms with van der Waals surface area (Å²) in [4.78, 5) is 0. The minimum atomic E-state index is -0.446. The minimum Gasteiger partial charge on any atom is -0.493 e. The van der Waals surface area contributed by atoms with Gasteiger partial charge in [-0.2, -0.15) is 0 Å². The van der Waals surface area contributed by atoms with Crippen molar-refractivity contribution in [2.75, 3.05) is 26.6 Å². The highest BCUT2D eigenvalue weighted by Crippen LogP contribution is 2.48. The van der Waals surface area contributed by atoms with Crippen LogP contribution in [0, 0.1) is 0 Å². The fraction of sp³-hybridized carbons (Fsp3) is 0.345. The zero-order valence-electron chi connectivity index (χ0n) is 21.4. The molecule has 0 radical (unpaired) electrons. The maximum atomic E-state index is 5.62. The lowest BCUT2D eigenvalue weighted by Gasteiger charge is -2.38. The normalized spacial score (nSPS) is 16.1. The van der Waals surface area contributed by atoms with E-state index in [1.807, 2.05) is 16.8 Å². The molecule has 0 aliphatic heterocycles. The Labute approximate surface area is 216 Å². The van der Waals surface area contributed by atoms with Gasteiger partial charge in [0.2, 0.25) is 5.75 Å². The number of tetrazole rings is 1. The number of fused-ring (bicyclic) bond motifs is 3. The molecule has 0 unspecified atom stereocenters. The summed E-state index contributed by atoms with van der Waals surface area (Å²) in [7, 11) is 4.88. The fourth-order valence-corrected chi connectivity index (χ4v) is 6.06. The van der Waals surface area contributed by atoms with Crippen molar-refractivity contribution in [3.8, 4) is 28.4 Å². The molecule has 0 amide bonds. The molecule has 2 aliphatic rings. The van der Waals surface area contributed by atoms with E-state index in [0.29, 0.717) is 17.2 Å². The summed E-state index contributed by atoms with van der Waals surface area (Å²) < 4.78 is 18.8. The smallest absolute Gasteiger partial charge is 0.203 e. The van der Waals surface area contributed by atoms with Crippen LogP contribution in [0.25, 0.3) is 11.1 Å². The van der Waals surface area contributed by atoms with Gasteiger partial charge in [0.05, 0.1) is 26.9 Å². The lowest BCUT2D eigenvalue weighted by Crippen LogP contribution is -2.41. The molecule has 0 saturated heterocycles. The molecule has 0 spiro atoms. The van der Waals surface area contributed by atoms with E-state index in [0.717, 1.165) is 37.2 Å². The molecule has 1 saturated carbocycles. The van der Waals surface area contributed by atoms with Crippen molar-refractivity contribution >= 4 is 5.69 Å². The molecule has 1 fully saturated rings. The monoisotopic (exact) mass is 497 g/mol. The van der Waals surface area contributed by atoms with Crippen LogP contribution in [0.4, 0.5) is 5.69 Å². The first-order valence-electron chi connectivity index (χ1n) is 12.7. The van der Waals surface area contributed by atoms with Crippen molar-refractivity contribution in [2.24, 2.45) is 0 Å². The van der Waals surface area contributed by atoms with Crippen LogP contribution in [-0.2, 0) is 5.54 Å². The number of ether oxygens (including phenoxy) is 3. The number of hydrogen-bond acceptors (Lipinski definition) is 7. The van der Waals surface area contributed by atoms with Crippen LogP contribution < -0.4 is 19.5 Å². The number of hydrogen-bond donors (Lipinski definition) is 1. The number of rotatable bonds is 7. The largest absolute Gasteiger partial charge is 0.493 e. The Bertz CT molecular complexity index is 1360. The molecule has 2 aliphatic carbocycles. The molecule has 4 aromatic rings. The zero-order chi connectivity index (χ0) is 25.4. The number of nitrogens with one attached hydrogen (secondary N) is 1. The molecule has 6 rings (SSSR count).